The van der Waals surface area contributed by atoms with Crippen molar-refractivity contribution in [3.05, 3.63) is 70.3 Å². The molecule has 2 atom stereocenters. The summed E-state index contributed by atoms with van der Waals surface area (Å²) in [5.74, 6) is -0.366. The summed E-state index contributed by atoms with van der Waals surface area (Å²) < 4.78 is 25.9. The first-order chi connectivity index (χ1) is 11.9. The second kappa shape index (κ2) is 6.61. The minimum Gasteiger partial charge on any atom is -0.351 e. The van der Waals surface area contributed by atoms with Gasteiger partial charge in [-0.2, -0.15) is 4.31 Å². The monoisotopic (exact) mass is 361 g/mol. The number of carbonyl (C=O) groups is 1. The zero-order valence-electron chi connectivity index (χ0n) is 13.0. The van der Waals surface area contributed by atoms with E-state index in [1.54, 1.807) is 0 Å². The number of non-ortho nitro benzene ring substituents is 1. The number of rotatable bonds is 6. The molecule has 1 fully saturated rings. The van der Waals surface area contributed by atoms with E-state index in [1.165, 1.54) is 12.1 Å². The Hall–Kier alpha value is -2.78. The van der Waals surface area contributed by atoms with Gasteiger partial charge in [-0.3, -0.25) is 14.9 Å². The molecule has 2 aromatic rings. The Morgan fingerprint density at radius 2 is 1.80 bits per heavy atom. The van der Waals surface area contributed by atoms with Gasteiger partial charge < -0.3 is 5.32 Å². The number of carbonyl (C=O) groups excluding carboxylic acids is 1. The molecule has 1 unspecified atom stereocenters. The van der Waals surface area contributed by atoms with Crippen LogP contribution < -0.4 is 5.32 Å². The molecule has 1 N–H and O–H groups in total. The summed E-state index contributed by atoms with van der Waals surface area (Å²) in [6.45, 7) is 0.418. The molecular weight excluding hydrogens is 346 g/mol. The molecule has 2 aromatic carbocycles. The molecule has 1 heterocycles. The number of benzene rings is 2. The molecule has 0 radical (unpaired) electrons. The van der Waals surface area contributed by atoms with E-state index >= 15 is 0 Å². The third-order valence-electron chi connectivity index (χ3n) is 3.83. The van der Waals surface area contributed by atoms with Crippen LogP contribution in [0.1, 0.15) is 5.56 Å². The lowest BCUT2D eigenvalue weighted by Crippen LogP contribution is -2.31. The molecule has 8 nitrogen and oxygen atoms in total. The number of nitro groups is 1. The minimum absolute atomic E-state index is 0.0727. The maximum absolute atomic E-state index is 12.4. The summed E-state index contributed by atoms with van der Waals surface area (Å²) in [4.78, 5) is 22.1. The molecule has 0 aromatic heterocycles. The number of nitrogens with one attached hydrogen (secondary N) is 1. The highest BCUT2D eigenvalue weighted by molar-refractivity contribution is 7.89. The normalized spacial score (nSPS) is 19.2. The summed E-state index contributed by atoms with van der Waals surface area (Å²) in [7, 11) is -3.84. The topological polar surface area (TPSA) is 109 Å². The molecular formula is C16H15N3O5S. The number of sulfonamides is 1. The van der Waals surface area contributed by atoms with Gasteiger partial charge in [0.25, 0.3) is 5.69 Å². The van der Waals surface area contributed by atoms with Crippen LogP contribution in [-0.4, -0.2) is 36.1 Å². The summed E-state index contributed by atoms with van der Waals surface area (Å²) in [6, 6.07) is 13.1. The van der Waals surface area contributed by atoms with Crippen LogP contribution in [0.5, 0.6) is 0 Å². The maximum atomic E-state index is 12.4. The molecule has 1 aliphatic rings. The van der Waals surface area contributed by atoms with E-state index in [0.29, 0.717) is 6.54 Å². The highest BCUT2D eigenvalue weighted by Crippen LogP contribution is 2.29. The fraction of sp³-hybridized carbons (Fsp3) is 0.188. The van der Waals surface area contributed by atoms with Crippen molar-refractivity contribution in [2.75, 3.05) is 6.54 Å². The number of nitro benzene ring substituents is 1. The van der Waals surface area contributed by atoms with Gasteiger partial charge in [0, 0.05) is 25.2 Å². The van der Waals surface area contributed by atoms with Crippen LogP contribution in [0.15, 0.2) is 59.5 Å². The first-order valence-corrected chi connectivity index (χ1v) is 8.91. The fourth-order valence-electron chi connectivity index (χ4n) is 2.38. The standard InChI is InChI=1S/C16H15N3O5S/c20-16(17-10-12-4-2-1-3-5-12)15-11-18(15)25(23,24)14-8-6-13(7-9-14)19(21)22/h1-9,15H,10-11H2,(H,17,20)/t15-,18?/m0/s1. The molecule has 1 saturated heterocycles. The highest BCUT2D eigenvalue weighted by Gasteiger charge is 2.49. The van der Waals surface area contributed by atoms with Gasteiger partial charge in [-0.1, -0.05) is 30.3 Å². The van der Waals surface area contributed by atoms with Crippen LogP contribution >= 0.6 is 0 Å². The van der Waals surface area contributed by atoms with Crippen molar-refractivity contribution in [2.45, 2.75) is 17.5 Å². The average molecular weight is 361 g/mol. The fourth-order valence-corrected chi connectivity index (χ4v) is 3.90. The Morgan fingerprint density at radius 1 is 1.16 bits per heavy atom. The number of nitrogens with zero attached hydrogens (tertiary/aromatic N) is 2. The Balaban J connectivity index is 1.63. The molecule has 130 valence electrons. The van der Waals surface area contributed by atoms with Crippen molar-refractivity contribution >= 4 is 21.6 Å². The zero-order valence-corrected chi connectivity index (χ0v) is 13.8. The molecule has 9 heteroatoms. The van der Waals surface area contributed by atoms with Crippen LogP contribution in [0, 0.1) is 10.1 Å². The molecule has 0 saturated carbocycles. The van der Waals surface area contributed by atoms with Gasteiger partial charge in [0.2, 0.25) is 15.9 Å². The maximum Gasteiger partial charge on any atom is 0.269 e. The van der Waals surface area contributed by atoms with Gasteiger partial charge in [0.15, 0.2) is 0 Å². The van der Waals surface area contributed by atoms with Crippen molar-refractivity contribution < 1.29 is 18.1 Å². The molecule has 1 amide bonds. The molecule has 1 aliphatic heterocycles. The van der Waals surface area contributed by atoms with Crippen LogP contribution in [0.25, 0.3) is 0 Å². The predicted molar refractivity (Wildman–Crippen MR) is 89.1 cm³/mol. The van der Waals surface area contributed by atoms with Crippen molar-refractivity contribution in [1.29, 1.82) is 0 Å². The Labute approximate surface area is 144 Å². The van der Waals surface area contributed by atoms with Gasteiger partial charge in [0.1, 0.15) is 6.04 Å². The minimum atomic E-state index is -3.84. The van der Waals surface area contributed by atoms with Crippen molar-refractivity contribution in [2.24, 2.45) is 0 Å². The Bertz CT molecular complexity index is 897. The lowest BCUT2D eigenvalue weighted by molar-refractivity contribution is -0.384. The first kappa shape index (κ1) is 17.1. The second-order valence-electron chi connectivity index (χ2n) is 5.54. The van der Waals surface area contributed by atoms with Crippen molar-refractivity contribution in [1.82, 2.24) is 9.62 Å². The van der Waals surface area contributed by atoms with Crippen molar-refractivity contribution in [3.8, 4) is 0 Å². The lowest BCUT2D eigenvalue weighted by atomic mass is 10.2. The number of amides is 1. The lowest BCUT2D eigenvalue weighted by Gasteiger charge is -2.07. The highest BCUT2D eigenvalue weighted by atomic mass is 32.2. The molecule has 25 heavy (non-hydrogen) atoms. The van der Waals surface area contributed by atoms with Gasteiger partial charge >= 0.3 is 0 Å². The van der Waals surface area contributed by atoms with Crippen LogP contribution in [0.3, 0.4) is 0 Å². The smallest absolute Gasteiger partial charge is 0.269 e. The van der Waals surface area contributed by atoms with Gasteiger partial charge in [-0.05, 0) is 17.7 Å². The molecule has 0 bridgehead atoms. The van der Waals surface area contributed by atoms with Crippen LogP contribution in [0.2, 0.25) is 0 Å². The predicted octanol–water partition coefficient (Wildman–Crippen LogP) is 1.28. The second-order valence-corrected chi connectivity index (χ2v) is 7.44. The Morgan fingerprint density at radius 3 is 2.40 bits per heavy atom. The summed E-state index contributed by atoms with van der Waals surface area (Å²) in [5.41, 5.74) is 0.725. The van der Waals surface area contributed by atoms with Gasteiger partial charge in [-0.25, -0.2) is 8.42 Å². The Kier molecular flexibility index (Phi) is 4.51. The molecule has 0 spiro atoms. The zero-order chi connectivity index (χ0) is 18.0. The van der Waals surface area contributed by atoms with E-state index in [1.807, 2.05) is 30.3 Å². The molecule has 0 aliphatic carbocycles. The third kappa shape index (κ3) is 3.67. The van der Waals surface area contributed by atoms with E-state index < -0.39 is 21.0 Å². The third-order valence-corrected chi connectivity index (χ3v) is 5.72. The van der Waals surface area contributed by atoms with Crippen LogP contribution in [0.4, 0.5) is 5.69 Å². The first-order valence-electron chi connectivity index (χ1n) is 7.47. The quantitative estimate of drug-likeness (QED) is 0.474. The summed E-state index contributed by atoms with van der Waals surface area (Å²) in [5, 5.41) is 13.3. The van der Waals surface area contributed by atoms with E-state index in [2.05, 4.69) is 5.32 Å². The van der Waals surface area contributed by atoms with Gasteiger partial charge in [-0.15, -0.1) is 0 Å². The van der Waals surface area contributed by atoms with Crippen LogP contribution in [-0.2, 0) is 21.4 Å². The molecule has 3 rings (SSSR count). The number of hydrogen-bond acceptors (Lipinski definition) is 5. The van der Waals surface area contributed by atoms with Gasteiger partial charge in [0.05, 0.1) is 9.82 Å². The van der Waals surface area contributed by atoms with E-state index in [9.17, 15) is 23.3 Å². The summed E-state index contributed by atoms with van der Waals surface area (Å²) >= 11 is 0. The largest absolute Gasteiger partial charge is 0.351 e. The summed E-state index contributed by atoms with van der Waals surface area (Å²) in [6.07, 6.45) is 0. The van der Waals surface area contributed by atoms with E-state index in [0.717, 1.165) is 22.0 Å². The number of hydrogen-bond donors (Lipinski definition) is 1. The van der Waals surface area contributed by atoms with E-state index in [-0.39, 0.29) is 23.0 Å². The SMILES string of the molecule is O=C(NCc1ccccc1)[C@@H]1CN1S(=O)(=O)c1ccc([N+](=O)[O-])cc1. The van der Waals surface area contributed by atoms with Crippen molar-refractivity contribution in [3.63, 3.8) is 0 Å². The van der Waals surface area contributed by atoms with E-state index in [4.69, 9.17) is 0 Å². The average Bonchev–Trinajstić information content (AvgIpc) is 3.42.